The van der Waals surface area contributed by atoms with Gasteiger partial charge in [0.15, 0.2) is 0 Å². The Morgan fingerprint density at radius 1 is 1.08 bits per heavy atom. The summed E-state index contributed by atoms with van der Waals surface area (Å²) in [4.78, 5) is 22.9. The zero-order valence-electron chi connectivity index (χ0n) is 14.5. The molecule has 0 N–H and O–H groups in total. The first-order valence-electron chi connectivity index (χ1n) is 7.68. The fourth-order valence-electron chi connectivity index (χ4n) is 2.41. The maximum absolute atomic E-state index is 12.4. The third-order valence-corrected chi connectivity index (χ3v) is 3.79. The number of ether oxygens (including phenoxy) is 1. The number of esters is 1. The molecule has 0 aromatic heterocycles. The highest BCUT2D eigenvalue weighted by Crippen LogP contribution is 2.32. The van der Waals surface area contributed by atoms with E-state index in [0.29, 0.717) is 11.3 Å². The van der Waals surface area contributed by atoms with Crippen LogP contribution < -0.4 is 4.74 Å². The van der Waals surface area contributed by atoms with Crippen molar-refractivity contribution in [3.05, 3.63) is 68.8 Å². The van der Waals surface area contributed by atoms with Gasteiger partial charge in [0, 0.05) is 17.2 Å². The van der Waals surface area contributed by atoms with Crippen LogP contribution in [0.2, 0.25) is 0 Å². The van der Waals surface area contributed by atoms with Gasteiger partial charge in [0.2, 0.25) is 0 Å². The number of hydrogen-bond acceptors (Lipinski definition) is 4. The molecule has 2 aromatic rings. The number of rotatable bonds is 3. The number of nitrogens with zero attached hydrogens (tertiary/aromatic N) is 1. The van der Waals surface area contributed by atoms with Gasteiger partial charge in [-0.15, -0.1) is 0 Å². The van der Waals surface area contributed by atoms with Crippen LogP contribution in [0.15, 0.2) is 36.4 Å². The van der Waals surface area contributed by atoms with Gasteiger partial charge in [-0.2, -0.15) is 0 Å². The summed E-state index contributed by atoms with van der Waals surface area (Å²) in [6.45, 7) is 9.72. The molecule has 0 aliphatic heterocycles. The van der Waals surface area contributed by atoms with E-state index in [4.69, 9.17) is 4.74 Å². The van der Waals surface area contributed by atoms with Gasteiger partial charge in [-0.25, -0.2) is 4.79 Å². The van der Waals surface area contributed by atoms with E-state index in [1.807, 2.05) is 39.8 Å². The highest BCUT2D eigenvalue weighted by atomic mass is 16.6. The minimum atomic E-state index is -0.604. The predicted octanol–water partition coefficient (Wildman–Crippen LogP) is 4.73. The third kappa shape index (κ3) is 3.79. The normalized spacial score (nSPS) is 11.2. The Labute approximate surface area is 141 Å². The highest BCUT2D eigenvalue weighted by molar-refractivity contribution is 5.92. The Morgan fingerprint density at radius 2 is 1.75 bits per heavy atom. The largest absolute Gasteiger partial charge is 0.423 e. The Bertz CT molecular complexity index is 803. The van der Waals surface area contributed by atoms with Gasteiger partial charge < -0.3 is 4.74 Å². The van der Waals surface area contributed by atoms with Crippen molar-refractivity contribution >= 4 is 11.7 Å². The second-order valence-corrected chi connectivity index (χ2v) is 6.90. The molecular weight excluding hydrogens is 306 g/mol. The Balaban J connectivity index is 2.38. The number of nitro groups is 1. The average Bonchev–Trinajstić information content (AvgIpc) is 2.48. The van der Waals surface area contributed by atoms with Crippen LogP contribution >= 0.6 is 0 Å². The number of nitro benzene ring substituents is 1. The first-order valence-corrected chi connectivity index (χ1v) is 7.68. The van der Waals surface area contributed by atoms with Gasteiger partial charge in [0.05, 0.1) is 10.5 Å². The van der Waals surface area contributed by atoms with Gasteiger partial charge in [0.25, 0.3) is 5.69 Å². The Hall–Kier alpha value is -2.69. The predicted molar refractivity (Wildman–Crippen MR) is 92.7 cm³/mol. The summed E-state index contributed by atoms with van der Waals surface area (Å²) in [5.41, 5.74) is 2.36. The van der Waals surface area contributed by atoms with Crippen LogP contribution in [-0.2, 0) is 5.41 Å². The average molecular weight is 327 g/mol. The molecule has 0 fully saturated rings. The lowest BCUT2D eigenvalue weighted by molar-refractivity contribution is -0.385. The van der Waals surface area contributed by atoms with E-state index in [9.17, 15) is 14.9 Å². The van der Waals surface area contributed by atoms with Crippen LogP contribution in [0.4, 0.5) is 5.69 Å². The van der Waals surface area contributed by atoms with Crippen molar-refractivity contribution in [3.8, 4) is 5.75 Å². The molecule has 0 saturated carbocycles. The lowest BCUT2D eigenvalue weighted by atomic mass is 9.85. The van der Waals surface area contributed by atoms with Crippen molar-refractivity contribution in [2.24, 2.45) is 0 Å². The maximum atomic E-state index is 12.4. The molecule has 5 heteroatoms. The van der Waals surface area contributed by atoms with Crippen LogP contribution in [0.5, 0.6) is 5.75 Å². The number of carbonyl (C=O) groups is 1. The summed E-state index contributed by atoms with van der Waals surface area (Å²) < 4.78 is 5.53. The highest BCUT2D eigenvalue weighted by Gasteiger charge is 2.22. The standard InChI is InChI=1S/C19H21NO4/c1-12-6-9-17(15(10-12)19(3,4)5)24-18(21)14-8-7-13(2)16(11-14)20(22)23/h6-11H,1-5H3. The Kier molecular flexibility index (Phi) is 4.73. The molecule has 24 heavy (non-hydrogen) atoms. The topological polar surface area (TPSA) is 69.4 Å². The summed E-state index contributed by atoms with van der Waals surface area (Å²) in [5.74, 6) is -0.131. The van der Waals surface area contributed by atoms with Gasteiger partial charge in [0.1, 0.15) is 5.75 Å². The lowest BCUT2D eigenvalue weighted by Crippen LogP contribution is -2.17. The van der Waals surface area contributed by atoms with Crippen LogP contribution in [0.25, 0.3) is 0 Å². The van der Waals surface area contributed by atoms with Crippen LogP contribution in [0.1, 0.15) is 47.8 Å². The molecule has 0 aliphatic carbocycles. The molecule has 5 nitrogen and oxygen atoms in total. The molecule has 0 amide bonds. The lowest BCUT2D eigenvalue weighted by Gasteiger charge is -2.22. The van der Waals surface area contributed by atoms with Crippen molar-refractivity contribution in [2.75, 3.05) is 0 Å². The number of aryl methyl sites for hydroxylation is 2. The molecule has 0 radical (unpaired) electrons. The minimum Gasteiger partial charge on any atom is -0.423 e. The van der Waals surface area contributed by atoms with E-state index in [0.717, 1.165) is 11.1 Å². The van der Waals surface area contributed by atoms with Crippen molar-refractivity contribution in [1.82, 2.24) is 0 Å². The summed E-state index contributed by atoms with van der Waals surface area (Å²) in [5, 5.41) is 11.0. The van der Waals surface area contributed by atoms with E-state index in [2.05, 4.69) is 0 Å². The van der Waals surface area contributed by atoms with Gasteiger partial charge in [-0.05, 0) is 31.4 Å². The fourth-order valence-corrected chi connectivity index (χ4v) is 2.41. The summed E-state index contributed by atoms with van der Waals surface area (Å²) in [6.07, 6.45) is 0. The van der Waals surface area contributed by atoms with Crippen LogP contribution in [0.3, 0.4) is 0 Å². The molecule has 0 bridgehead atoms. The number of benzene rings is 2. The Morgan fingerprint density at radius 3 is 2.33 bits per heavy atom. The molecule has 0 atom stereocenters. The monoisotopic (exact) mass is 327 g/mol. The molecule has 0 heterocycles. The molecular formula is C19H21NO4. The molecule has 0 spiro atoms. The molecule has 126 valence electrons. The first kappa shape index (κ1) is 17.7. The van der Waals surface area contributed by atoms with Gasteiger partial charge in [-0.3, -0.25) is 10.1 Å². The molecule has 2 rings (SSSR count). The van der Waals surface area contributed by atoms with E-state index >= 15 is 0 Å². The first-order chi connectivity index (χ1) is 11.1. The summed E-state index contributed by atoms with van der Waals surface area (Å²) in [6, 6.07) is 9.96. The van der Waals surface area contributed by atoms with E-state index in [-0.39, 0.29) is 16.7 Å². The molecule has 0 unspecified atom stereocenters. The fraction of sp³-hybridized carbons (Fsp3) is 0.316. The van der Waals surface area contributed by atoms with Crippen molar-refractivity contribution in [1.29, 1.82) is 0 Å². The van der Waals surface area contributed by atoms with Gasteiger partial charge in [-0.1, -0.05) is 44.5 Å². The van der Waals surface area contributed by atoms with E-state index < -0.39 is 10.9 Å². The zero-order chi connectivity index (χ0) is 18.1. The van der Waals surface area contributed by atoms with E-state index in [1.165, 1.54) is 12.1 Å². The quantitative estimate of drug-likeness (QED) is 0.354. The summed E-state index contributed by atoms with van der Waals surface area (Å²) >= 11 is 0. The number of hydrogen-bond donors (Lipinski definition) is 0. The van der Waals surface area contributed by atoms with Crippen molar-refractivity contribution < 1.29 is 14.5 Å². The smallest absolute Gasteiger partial charge is 0.343 e. The minimum absolute atomic E-state index is 0.0931. The maximum Gasteiger partial charge on any atom is 0.343 e. The van der Waals surface area contributed by atoms with Crippen LogP contribution in [0, 0.1) is 24.0 Å². The van der Waals surface area contributed by atoms with Gasteiger partial charge >= 0.3 is 5.97 Å². The third-order valence-electron chi connectivity index (χ3n) is 3.79. The van der Waals surface area contributed by atoms with E-state index in [1.54, 1.807) is 19.1 Å². The molecule has 0 aliphatic rings. The second-order valence-electron chi connectivity index (χ2n) is 6.90. The SMILES string of the molecule is Cc1ccc(OC(=O)c2ccc(C)c([N+](=O)[O-])c2)c(C(C)(C)C)c1. The second kappa shape index (κ2) is 6.43. The number of carbonyl (C=O) groups excluding carboxylic acids is 1. The summed E-state index contributed by atoms with van der Waals surface area (Å²) in [7, 11) is 0. The molecule has 0 saturated heterocycles. The van der Waals surface area contributed by atoms with Crippen LogP contribution in [-0.4, -0.2) is 10.9 Å². The zero-order valence-corrected chi connectivity index (χ0v) is 14.5. The molecule has 2 aromatic carbocycles. The van der Waals surface area contributed by atoms with Crippen molar-refractivity contribution in [2.45, 2.75) is 40.0 Å². The van der Waals surface area contributed by atoms with Crippen molar-refractivity contribution in [3.63, 3.8) is 0 Å².